The Labute approximate surface area is 183 Å². The van der Waals surface area contributed by atoms with Crippen molar-refractivity contribution in [2.45, 2.75) is 91.0 Å². The summed E-state index contributed by atoms with van der Waals surface area (Å²) < 4.78 is 46.7. The predicted octanol–water partition coefficient (Wildman–Crippen LogP) is 6.16. The molecule has 7 heteroatoms. The number of nitrogens with zero attached hydrogens (tertiary/aromatic N) is 1. The van der Waals surface area contributed by atoms with Gasteiger partial charge in [0.15, 0.2) is 11.3 Å². The zero-order valence-electron chi connectivity index (χ0n) is 19.4. The minimum absolute atomic E-state index is 0.00756. The zero-order valence-corrected chi connectivity index (χ0v) is 19.4. The molecule has 1 aromatic rings. The lowest BCUT2D eigenvalue weighted by Gasteiger charge is -2.48. The van der Waals surface area contributed by atoms with E-state index in [-0.39, 0.29) is 36.1 Å². The molecule has 4 nitrogen and oxygen atoms in total. The summed E-state index contributed by atoms with van der Waals surface area (Å²) in [6.07, 6.45) is -0.316. The van der Waals surface area contributed by atoms with Gasteiger partial charge in [0.1, 0.15) is 11.4 Å². The largest absolute Gasteiger partial charge is 0.473 e. The second-order valence-electron chi connectivity index (χ2n) is 10.7. The highest BCUT2D eigenvalue weighted by atomic mass is 19.4. The maximum atomic E-state index is 13.6. The van der Waals surface area contributed by atoms with Gasteiger partial charge in [0.25, 0.3) is 0 Å². The smallest absolute Gasteiger partial charge is 0.391 e. The van der Waals surface area contributed by atoms with Gasteiger partial charge in [-0.1, -0.05) is 13.8 Å². The average molecular weight is 443 g/mol. The summed E-state index contributed by atoms with van der Waals surface area (Å²) in [5.41, 5.74) is -0.621. The predicted molar refractivity (Wildman–Crippen MR) is 118 cm³/mol. The third-order valence-corrected chi connectivity index (χ3v) is 6.85. The number of aromatic amines is 1. The van der Waals surface area contributed by atoms with Crippen LogP contribution < -0.4 is 15.1 Å². The van der Waals surface area contributed by atoms with Crippen molar-refractivity contribution >= 4 is 5.82 Å². The van der Waals surface area contributed by atoms with Crippen LogP contribution in [0.15, 0.2) is 16.9 Å². The molecule has 176 valence electrons. The lowest BCUT2D eigenvalue weighted by Crippen LogP contribution is -2.50. The summed E-state index contributed by atoms with van der Waals surface area (Å²) in [5, 5.41) is 0. The Hall–Kier alpha value is -1.66. The van der Waals surface area contributed by atoms with Crippen molar-refractivity contribution in [3.63, 3.8) is 0 Å². The number of pyridine rings is 1. The fourth-order valence-electron chi connectivity index (χ4n) is 5.54. The fraction of sp³-hybridized carbons (Fsp3) is 0.792. The van der Waals surface area contributed by atoms with Crippen LogP contribution >= 0.6 is 0 Å². The van der Waals surface area contributed by atoms with Gasteiger partial charge >= 0.3 is 6.18 Å². The van der Waals surface area contributed by atoms with E-state index in [1.807, 2.05) is 20.8 Å². The number of nitrogens with one attached hydrogen (secondary N) is 1. The normalized spacial score (nSPS) is 28.1. The van der Waals surface area contributed by atoms with E-state index in [0.29, 0.717) is 24.0 Å². The van der Waals surface area contributed by atoms with Gasteiger partial charge < -0.3 is 14.6 Å². The van der Waals surface area contributed by atoms with E-state index in [9.17, 15) is 18.0 Å². The molecule has 1 aromatic heterocycles. The summed E-state index contributed by atoms with van der Waals surface area (Å²) in [7, 11) is 0. The first-order chi connectivity index (χ1) is 14.3. The molecule has 3 rings (SSSR count). The van der Waals surface area contributed by atoms with E-state index in [4.69, 9.17) is 4.74 Å². The molecular formula is C24H37F3N2O2. The van der Waals surface area contributed by atoms with Crippen LogP contribution in [0.3, 0.4) is 0 Å². The second kappa shape index (κ2) is 9.07. The van der Waals surface area contributed by atoms with Crippen molar-refractivity contribution in [1.82, 2.24) is 4.98 Å². The van der Waals surface area contributed by atoms with E-state index < -0.39 is 17.7 Å². The molecule has 0 bridgehead atoms. The third-order valence-electron chi connectivity index (χ3n) is 6.85. The van der Waals surface area contributed by atoms with Gasteiger partial charge in [-0.25, -0.2) is 0 Å². The average Bonchev–Trinajstić information content (AvgIpc) is 2.65. The van der Waals surface area contributed by atoms with Gasteiger partial charge in [0.05, 0.1) is 5.92 Å². The zero-order chi connectivity index (χ0) is 23.0. The van der Waals surface area contributed by atoms with E-state index >= 15 is 0 Å². The molecule has 3 unspecified atom stereocenters. The van der Waals surface area contributed by atoms with Crippen LogP contribution in [-0.4, -0.2) is 29.3 Å². The number of halogens is 3. The van der Waals surface area contributed by atoms with Crippen LogP contribution in [0.1, 0.15) is 73.1 Å². The van der Waals surface area contributed by atoms with Crippen LogP contribution in [-0.2, 0) is 0 Å². The Kier molecular flexibility index (Phi) is 7.02. The molecule has 1 aliphatic heterocycles. The number of aromatic nitrogens is 1. The van der Waals surface area contributed by atoms with Crippen LogP contribution in [0.25, 0.3) is 0 Å². The molecule has 2 aliphatic rings. The fourth-order valence-corrected chi connectivity index (χ4v) is 5.54. The number of ether oxygens (including phenoxy) is 1. The highest BCUT2D eigenvalue weighted by Gasteiger charge is 2.48. The number of piperidine rings is 1. The molecule has 2 fully saturated rings. The van der Waals surface area contributed by atoms with Gasteiger partial charge in [-0.15, -0.1) is 0 Å². The van der Waals surface area contributed by atoms with Gasteiger partial charge in [0.2, 0.25) is 0 Å². The number of anilines is 1. The third kappa shape index (κ3) is 5.98. The molecule has 1 aliphatic carbocycles. The molecule has 0 aromatic carbocycles. The molecule has 0 radical (unpaired) electrons. The minimum atomic E-state index is -4.14. The Morgan fingerprint density at radius 3 is 2.42 bits per heavy atom. The first-order valence-electron chi connectivity index (χ1n) is 11.6. The SMILES string of the molecule is CC(C)C1CCC(C(F)(F)F)CC1[C@H]1CCCCN1c1cc(=O)cc(OC(C)(C)C)[nH]1. The Balaban J connectivity index is 1.94. The van der Waals surface area contributed by atoms with Crippen LogP contribution in [0.5, 0.6) is 5.88 Å². The van der Waals surface area contributed by atoms with Crippen LogP contribution in [0.4, 0.5) is 19.0 Å². The van der Waals surface area contributed by atoms with Crippen molar-refractivity contribution in [1.29, 1.82) is 0 Å². The number of hydrogen-bond acceptors (Lipinski definition) is 3. The van der Waals surface area contributed by atoms with E-state index in [2.05, 4.69) is 23.7 Å². The van der Waals surface area contributed by atoms with Gasteiger partial charge in [0, 0.05) is 24.7 Å². The first-order valence-corrected chi connectivity index (χ1v) is 11.6. The lowest BCUT2D eigenvalue weighted by molar-refractivity contribution is -0.191. The summed E-state index contributed by atoms with van der Waals surface area (Å²) in [4.78, 5) is 17.8. The highest BCUT2D eigenvalue weighted by molar-refractivity contribution is 5.43. The van der Waals surface area contributed by atoms with E-state index in [1.165, 1.54) is 6.07 Å². The van der Waals surface area contributed by atoms with Crippen molar-refractivity contribution < 1.29 is 17.9 Å². The lowest BCUT2D eigenvalue weighted by atomic mass is 9.65. The summed E-state index contributed by atoms with van der Waals surface area (Å²) in [5.74, 6) is 0.370. The Morgan fingerprint density at radius 1 is 1.10 bits per heavy atom. The summed E-state index contributed by atoms with van der Waals surface area (Å²) in [6.45, 7) is 10.7. The van der Waals surface area contributed by atoms with E-state index in [0.717, 1.165) is 25.8 Å². The van der Waals surface area contributed by atoms with Crippen molar-refractivity contribution in [2.75, 3.05) is 11.4 Å². The summed E-state index contributed by atoms with van der Waals surface area (Å²) >= 11 is 0. The number of alkyl halides is 3. The molecule has 2 heterocycles. The maximum Gasteiger partial charge on any atom is 0.391 e. The molecule has 1 saturated heterocycles. The van der Waals surface area contributed by atoms with Gasteiger partial charge in [-0.2, -0.15) is 13.2 Å². The molecule has 4 atom stereocenters. The Morgan fingerprint density at radius 2 is 1.81 bits per heavy atom. The standard InChI is InChI=1S/C24H37F3N2O2/c1-15(2)18-10-9-16(24(25,26)27)12-19(18)20-8-6-7-11-29(20)21-13-17(30)14-22(28-21)31-23(3,4)5/h13-16,18-20H,6-12H2,1-5H3,(H,28,30)/t16?,18?,19?,20-/m1/s1. The van der Waals surface area contributed by atoms with Gasteiger partial charge in [-0.3, -0.25) is 4.79 Å². The summed E-state index contributed by atoms with van der Waals surface area (Å²) in [6, 6.07) is 2.99. The number of hydrogen-bond donors (Lipinski definition) is 1. The molecule has 31 heavy (non-hydrogen) atoms. The molecule has 0 spiro atoms. The van der Waals surface area contributed by atoms with Gasteiger partial charge in [-0.05, 0) is 77.0 Å². The van der Waals surface area contributed by atoms with Crippen molar-refractivity contribution in [3.05, 3.63) is 22.4 Å². The number of H-pyrrole nitrogens is 1. The molecule has 1 saturated carbocycles. The first kappa shape index (κ1) is 24.0. The van der Waals surface area contributed by atoms with Crippen LogP contribution in [0, 0.1) is 23.7 Å². The van der Waals surface area contributed by atoms with Crippen molar-refractivity contribution in [3.8, 4) is 5.88 Å². The van der Waals surface area contributed by atoms with Crippen LogP contribution in [0.2, 0.25) is 0 Å². The number of rotatable bonds is 4. The Bertz CT molecular complexity index is 797. The second-order valence-corrected chi connectivity index (χ2v) is 10.7. The maximum absolute atomic E-state index is 13.6. The molecule has 1 N–H and O–H groups in total. The quantitative estimate of drug-likeness (QED) is 0.607. The minimum Gasteiger partial charge on any atom is -0.473 e. The van der Waals surface area contributed by atoms with Crippen molar-refractivity contribution in [2.24, 2.45) is 23.7 Å². The van der Waals surface area contributed by atoms with E-state index in [1.54, 1.807) is 6.07 Å². The molecular weight excluding hydrogens is 405 g/mol. The monoisotopic (exact) mass is 442 g/mol. The topological polar surface area (TPSA) is 45.3 Å². The molecule has 0 amide bonds. The highest BCUT2D eigenvalue weighted by Crippen LogP contribution is 2.48.